The molecule has 0 aliphatic rings. The van der Waals surface area contributed by atoms with E-state index in [-0.39, 0.29) is 5.82 Å². The predicted molar refractivity (Wildman–Crippen MR) is 74.9 cm³/mol. The minimum absolute atomic E-state index is 0.279. The summed E-state index contributed by atoms with van der Waals surface area (Å²) in [6.07, 6.45) is 4.85. The second kappa shape index (κ2) is 4.24. The summed E-state index contributed by atoms with van der Waals surface area (Å²) in [7, 11) is 0. The molecule has 2 aromatic heterocycles. The van der Waals surface area contributed by atoms with Gasteiger partial charge in [0, 0.05) is 21.5 Å². The van der Waals surface area contributed by atoms with Gasteiger partial charge < -0.3 is 9.77 Å². The summed E-state index contributed by atoms with van der Waals surface area (Å²) in [5.41, 5.74) is 1.63. The zero-order chi connectivity index (χ0) is 12.7. The molecule has 90 valence electrons. The molecule has 0 radical (unpaired) electrons. The zero-order valence-corrected chi connectivity index (χ0v) is 11.3. The van der Waals surface area contributed by atoms with Crippen molar-refractivity contribution >= 4 is 33.5 Å². The highest BCUT2D eigenvalue weighted by molar-refractivity contribution is 14.1. The molecule has 0 saturated heterocycles. The van der Waals surface area contributed by atoms with Crippen molar-refractivity contribution in [3.8, 4) is 5.69 Å². The van der Waals surface area contributed by atoms with Crippen LogP contribution in [0.3, 0.4) is 0 Å². The molecule has 0 fully saturated rings. The first-order chi connectivity index (χ1) is 8.65. The van der Waals surface area contributed by atoms with Crippen molar-refractivity contribution in [2.45, 2.75) is 0 Å². The Balaban J connectivity index is 2.30. The Morgan fingerprint density at radius 2 is 2.11 bits per heavy atom. The molecule has 18 heavy (non-hydrogen) atoms. The van der Waals surface area contributed by atoms with Crippen LogP contribution < -0.4 is 4.73 Å². The number of hydrogen-bond acceptors (Lipinski definition) is 1. The van der Waals surface area contributed by atoms with Crippen LogP contribution in [0.4, 0.5) is 4.39 Å². The molecular formula is C13H8FIN2O. The molecule has 0 aliphatic carbocycles. The van der Waals surface area contributed by atoms with E-state index in [1.54, 1.807) is 12.1 Å². The summed E-state index contributed by atoms with van der Waals surface area (Å²) < 4.78 is 16.8. The predicted octanol–water partition coefficient (Wildman–Crippen LogP) is 3.01. The highest BCUT2D eigenvalue weighted by Gasteiger charge is 2.11. The van der Waals surface area contributed by atoms with Crippen molar-refractivity contribution in [2.24, 2.45) is 0 Å². The maximum atomic E-state index is 13.3. The van der Waals surface area contributed by atoms with Crippen LogP contribution in [-0.4, -0.2) is 4.57 Å². The van der Waals surface area contributed by atoms with Gasteiger partial charge >= 0.3 is 0 Å². The van der Waals surface area contributed by atoms with Gasteiger partial charge in [0.2, 0.25) is 0 Å². The number of rotatable bonds is 1. The van der Waals surface area contributed by atoms with E-state index in [1.165, 1.54) is 24.5 Å². The standard InChI is InChI=1S/C13H8FIN2O/c14-9-2-1-3-10(6-9)17-8-12(15)11-7-16(18)5-4-13(11)17/h1-8H. The van der Waals surface area contributed by atoms with Crippen LogP contribution in [0.1, 0.15) is 0 Å². The monoisotopic (exact) mass is 354 g/mol. The molecule has 3 nitrogen and oxygen atoms in total. The second-order valence-electron chi connectivity index (χ2n) is 3.93. The van der Waals surface area contributed by atoms with Gasteiger partial charge in [-0.2, -0.15) is 4.73 Å². The summed E-state index contributed by atoms with van der Waals surface area (Å²) in [4.78, 5) is 0. The number of pyridine rings is 1. The van der Waals surface area contributed by atoms with Gasteiger partial charge in [0.05, 0.1) is 10.9 Å². The van der Waals surface area contributed by atoms with E-state index in [4.69, 9.17) is 0 Å². The smallest absolute Gasteiger partial charge is 0.190 e. The Hall–Kier alpha value is -1.63. The van der Waals surface area contributed by atoms with Gasteiger partial charge in [-0.15, -0.1) is 0 Å². The molecule has 3 aromatic rings. The van der Waals surface area contributed by atoms with Crippen molar-refractivity contribution < 1.29 is 9.12 Å². The third-order valence-corrected chi connectivity index (χ3v) is 3.62. The fourth-order valence-corrected chi connectivity index (χ4v) is 2.65. The molecule has 0 N–H and O–H groups in total. The fourth-order valence-electron chi connectivity index (χ4n) is 1.96. The first-order valence-electron chi connectivity index (χ1n) is 5.30. The van der Waals surface area contributed by atoms with Crippen LogP contribution in [0.5, 0.6) is 0 Å². The molecule has 0 spiro atoms. The molecule has 0 saturated carbocycles. The van der Waals surface area contributed by atoms with Gasteiger partial charge in [-0.05, 0) is 40.8 Å². The molecular weight excluding hydrogens is 346 g/mol. The van der Waals surface area contributed by atoms with E-state index in [9.17, 15) is 9.60 Å². The van der Waals surface area contributed by atoms with Crippen LogP contribution in [0.25, 0.3) is 16.6 Å². The Morgan fingerprint density at radius 3 is 2.89 bits per heavy atom. The average Bonchev–Trinajstić information content (AvgIpc) is 2.67. The highest BCUT2D eigenvalue weighted by atomic mass is 127. The van der Waals surface area contributed by atoms with E-state index < -0.39 is 0 Å². The maximum absolute atomic E-state index is 13.3. The number of aromatic nitrogens is 2. The third-order valence-electron chi connectivity index (χ3n) is 2.76. The minimum Gasteiger partial charge on any atom is -0.619 e. The summed E-state index contributed by atoms with van der Waals surface area (Å²) in [5, 5.41) is 12.1. The van der Waals surface area contributed by atoms with Gasteiger partial charge in [0.25, 0.3) is 0 Å². The minimum atomic E-state index is -0.279. The summed E-state index contributed by atoms with van der Waals surface area (Å²) in [6, 6.07) is 8.10. The van der Waals surface area contributed by atoms with Crippen LogP contribution in [-0.2, 0) is 0 Å². The van der Waals surface area contributed by atoms with E-state index in [0.717, 1.165) is 24.9 Å². The normalized spacial score (nSPS) is 11.0. The highest BCUT2D eigenvalue weighted by Crippen LogP contribution is 2.25. The van der Waals surface area contributed by atoms with E-state index in [2.05, 4.69) is 22.6 Å². The lowest BCUT2D eigenvalue weighted by molar-refractivity contribution is -0.603. The third kappa shape index (κ3) is 1.84. The number of nitrogens with zero attached hydrogens (tertiary/aromatic N) is 2. The van der Waals surface area contributed by atoms with Gasteiger partial charge in [-0.25, -0.2) is 4.39 Å². The molecule has 1 aromatic carbocycles. The van der Waals surface area contributed by atoms with Crippen molar-refractivity contribution in [3.63, 3.8) is 0 Å². The lowest BCUT2D eigenvalue weighted by atomic mass is 10.3. The Bertz CT molecular complexity index is 739. The zero-order valence-electron chi connectivity index (χ0n) is 9.18. The Morgan fingerprint density at radius 1 is 1.28 bits per heavy atom. The Kier molecular flexibility index (Phi) is 2.70. The maximum Gasteiger partial charge on any atom is 0.190 e. The average molecular weight is 354 g/mol. The first-order valence-corrected chi connectivity index (χ1v) is 6.38. The molecule has 0 aliphatic heterocycles. The molecule has 0 unspecified atom stereocenters. The number of benzene rings is 1. The molecule has 2 heterocycles. The summed E-state index contributed by atoms with van der Waals surface area (Å²) in [6.45, 7) is 0. The number of hydrogen-bond donors (Lipinski definition) is 0. The van der Waals surface area contributed by atoms with Gasteiger partial charge in [-0.1, -0.05) is 6.07 Å². The van der Waals surface area contributed by atoms with Gasteiger partial charge in [0.15, 0.2) is 12.4 Å². The molecule has 5 heteroatoms. The van der Waals surface area contributed by atoms with E-state index in [1.807, 2.05) is 16.8 Å². The topological polar surface area (TPSA) is 31.9 Å². The van der Waals surface area contributed by atoms with Crippen molar-refractivity contribution in [3.05, 3.63) is 63.5 Å². The quantitative estimate of drug-likeness (QED) is 0.376. The molecule has 3 rings (SSSR count). The Labute approximate surface area is 116 Å². The molecule has 0 amide bonds. The number of fused-ring (bicyclic) bond motifs is 1. The summed E-state index contributed by atoms with van der Waals surface area (Å²) in [5.74, 6) is -0.279. The SMILES string of the molecule is [O-][n+]1ccc2c(c1)c(I)cn2-c1cccc(F)c1. The van der Waals surface area contributed by atoms with Crippen LogP contribution >= 0.6 is 22.6 Å². The molecule has 0 atom stereocenters. The van der Waals surface area contributed by atoms with E-state index >= 15 is 0 Å². The molecule has 0 bridgehead atoms. The van der Waals surface area contributed by atoms with Gasteiger partial charge in [-0.3, -0.25) is 0 Å². The van der Waals surface area contributed by atoms with Crippen molar-refractivity contribution in [1.29, 1.82) is 0 Å². The van der Waals surface area contributed by atoms with Crippen molar-refractivity contribution in [2.75, 3.05) is 0 Å². The van der Waals surface area contributed by atoms with Crippen LogP contribution in [0, 0.1) is 14.6 Å². The lowest BCUT2D eigenvalue weighted by Gasteiger charge is -2.04. The van der Waals surface area contributed by atoms with Crippen LogP contribution in [0.2, 0.25) is 0 Å². The van der Waals surface area contributed by atoms with Gasteiger partial charge in [0.1, 0.15) is 5.82 Å². The van der Waals surface area contributed by atoms with Crippen molar-refractivity contribution in [1.82, 2.24) is 4.57 Å². The second-order valence-corrected chi connectivity index (χ2v) is 5.09. The van der Waals surface area contributed by atoms with Crippen LogP contribution in [0.15, 0.2) is 48.9 Å². The largest absolute Gasteiger partial charge is 0.619 e. The van der Waals surface area contributed by atoms with E-state index in [0.29, 0.717) is 0 Å². The fraction of sp³-hybridized carbons (Fsp3) is 0. The first kappa shape index (κ1) is 11.5. The summed E-state index contributed by atoms with van der Waals surface area (Å²) >= 11 is 2.16. The lowest BCUT2D eigenvalue weighted by Crippen LogP contribution is -2.23. The number of halogens is 2.